The van der Waals surface area contributed by atoms with E-state index in [0.717, 1.165) is 6.54 Å². The topological polar surface area (TPSA) is 93.4 Å². The maximum absolute atomic E-state index is 12.1. The molecule has 1 aliphatic rings. The van der Waals surface area contributed by atoms with Crippen LogP contribution in [0.1, 0.15) is 6.92 Å². The Bertz CT molecular complexity index is 504. The van der Waals surface area contributed by atoms with Crippen LogP contribution in [0.4, 0.5) is 5.69 Å². The number of ether oxygens (including phenoxy) is 1. The second-order valence-electron chi connectivity index (χ2n) is 5.01. The maximum atomic E-state index is 12.1. The van der Waals surface area contributed by atoms with Gasteiger partial charge in [0.1, 0.15) is 5.75 Å². The van der Waals surface area contributed by atoms with Crippen LogP contribution in [0.25, 0.3) is 0 Å². The third-order valence-corrected chi connectivity index (χ3v) is 3.34. The van der Waals surface area contributed by atoms with Crippen molar-refractivity contribution in [1.82, 2.24) is 5.32 Å². The third-order valence-electron chi connectivity index (χ3n) is 3.34. The monoisotopic (exact) mass is 277 g/mol. The lowest BCUT2D eigenvalue weighted by Gasteiger charge is -2.14. The molecule has 2 amide bonds. The zero-order valence-corrected chi connectivity index (χ0v) is 11.4. The Labute approximate surface area is 117 Å². The van der Waals surface area contributed by atoms with Crippen LogP contribution in [0.5, 0.6) is 5.75 Å². The highest BCUT2D eigenvalue weighted by atomic mass is 16.5. The first-order chi connectivity index (χ1) is 9.56. The van der Waals surface area contributed by atoms with E-state index in [-0.39, 0.29) is 18.4 Å². The summed E-state index contributed by atoms with van der Waals surface area (Å²) in [5, 5.41) is 6.06. The zero-order chi connectivity index (χ0) is 14.5. The number of hydrogen-bond acceptors (Lipinski definition) is 4. The van der Waals surface area contributed by atoms with Crippen molar-refractivity contribution in [2.75, 3.05) is 25.0 Å². The number of hydrogen-bond donors (Lipinski definition) is 3. The molecule has 6 nitrogen and oxygen atoms in total. The number of benzene rings is 1. The molecule has 0 aromatic heterocycles. The molecule has 1 heterocycles. The molecule has 6 heteroatoms. The third kappa shape index (κ3) is 3.71. The lowest BCUT2D eigenvalue weighted by atomic mass is 9.97. The summed E-state index contributed by atoms with van der Waals surface area (Å²) in [7, 11) is 0. The van der Waals surface area contributed by atoms with Crippen LogP contribution in [-0.2, 0) is 9.59 Å². The van der Waals surface area contributed by atoms with E-state index >= 15 is 0 Å². The minimum atomic E-state index is -0.537. The molecule has 2 rings (SSSR count). The number of primary amides is 1. The highest BCUT2D eigenvalue weighted by Crippen LogP contribution is 2.21. The van der Waals surface area contributed by atoms with Crippen molar-refractivity contribution >= 4 is 17.5 Å². The van der Waals surface area contributed by atoms with Crippen molar-refractivity contribution in [2.45, 2.75) is 6.92 Å². The van der Waals surface area contributed by atoms with Crippen LogP contribution in [-0.4, -0.2) is 31.5 Å². The fourth-order valence-corrected chi connectivity index (χ4v) is 2.21. The zero-order valence-electron chi connectivity index (χ0n) is 11.4. The van der Waals surface area contributed by atoms with Gasteiger partial charge in [0.25, 0.3) is 5.91 Å². The molecule has 1 saturated heterocycles. The molecule has 1 aromatic rings. The second-order valence-corrected chi connectivity index (χ2v) is 5.01. The van der Waals surface area contributed by atoms with Crippen molar-refractivity contribution < 1.29 is 14.3 Å². The van der Waals surface area contributed by atoms with Gasteiger partial charge in [-0.25, -0.2) is 0 Å². The van der Waals surface area contributed by atoms with E-state index < -0.39 is 5.91 Å². The Kier molecular flexibility index (Phi) is 4.57. The highest BCUT2D eigenvalue weighted by Gasteiger charge is 2.29. The van der Waals surface area contributed by atoms with E-state index in [1.54, 1.807) is 24.3 Å². The normalized spacial score (nSPS) is 21.4. The molecular formula is C14H19N3O3. The van der Waals surface area contributed by atoms with Crippen LogP contribution < -0.4 is 21.1 Å². The van der Waals surface area contributed by atoms with Gasteiger partial charge in [0.2, 0.25) is 5.91 Å². The van der Waals surface area contributed by atoms with Gasteiger partial charge in [-0.1, -0.05) is 13.0 Å². The van der Waals surface area contributed by atoms with Gasteiger partial charge < -0.3 is 21.1 Å². The molecular weight excluding hydrogens is 258 g/mol. The fraction of sp³-hybridized carbons (Fsp3) is 0.429. The number of amides is 2. The summed E-state index contributed by atoms with van der Waals surface area (Å²) in [5.74, 6) is 0.258. The van der Waals surface area contributed by atoms with Crippen molar-refractivity contribution in [3.05, 3.63) is 24.3 Å². The SMILES string of the molecule is C[C@@H]1CNC[C@H]1C(=O)Nc1cccc(OCC(N)=O)c1. The minimum absolute atomic E-state index is 0.00505. The van der Waals surface area contributed by atoms with E-state index in [1.807, 2.05) is 0 Å². The summed E-state index contributed by atoms with van der Waals surface area (Å²) in [6, 6.07) is 6.91. The minimum Gasteiger partial charge on any atom is -0.484 e. The Morgan fingerprint density at radius 1 is 1.45 bits per heavy atom. The highest BCUT2D eigenvalue weighted by molar-refractivity contribution is 5.93. The standard InChI is InChI=1S/C14H19N3O3/c1-9-6-16-7-12(9)14(19)17-10-3-2-4-11(5-10)20-8-13(15)18/h2-5,9,12,16H,6-8H2,1H3,(H2,15,18)(H,17,19)/t9-,12-/m1/s1. The van der Waals surface area contributed by atoms with Gasteiger partial charge >= 0.3 is 0 Å². The fourth-order valence-electron chi connectivity index (χ4n) is 2.21. The van der Waals surface area contributed by atoms with Gasteiger partial charge in [0.15, 0.2) is 6.61 Å². The number of nitrogens with one attached hydrogen (secondary N) is 2. The predicted octanol–water partition coefficient (Wildman–Crippen LogP) is 0.345. The second kappa shape index (κ2) is 6.38. The summed E-state index contributed by atoms with van der Waals surface area (Å²) < 4.78 is 5.20. The average molecular weight is 277 g/mol. The summed E-state index contributed by atoms with van der Waals surface area (Å²) in [6.45, 7) is 3.43. The number of rotatable bonds is 5. The van der Waals surface area contributed by atoms with Crippen LogP contribution in [0.15, 0.2) is 24.3 Å². The van der Waals surface area contributed by atoms with Gasteiger partial charge in [0.05, 0.1) is 5.92 Å². The quantitative estimate of drug-likeness (QED) is 0.723. The van der Waals surface area contributed by atoms with Crippen LogP contribution >= 0.6 is 0 Å². The number of anilines is 1. The lowest BCUT2D eigenvalue weighted by Crippen LogP contribution is -2.27. The molecule has 1 aromatic carbocycles. The van der Waals surface area contributed by atoms with Gasteiger partial charge in [0, 0.05) is 18.3 Å². The number of nitrogens with two attached hydrogens (primary N) is 1. The first-order valence-electron chi connectivity index (χ1n) is 6.59. The summed E-state index contributed by atoms with van der Waals surface area (Å²) in [4.78, 5) is 22.8. The van der Waals surface area contributed by atoms with E-state index in [0.29, 0.717) is 23.9 Å². The van der Waals surface area contributed by atoms with E-state index in [9.17, 15) is 9.59 Å². The molecule has 0 saturated carbocycles. The Morgan fingerprint density at radius 2 is 2.25 bits per heavy atom. The van der Waals surface area contributed by atoms with E-state index in [2.05, 4.69) is 17.6 Å². The maximum Gasteiger partial charge on any atom is 0.255 e. The molecule has 108 valence electrons. The number of carbonyl (C=O) groups is 2. The average Bonchev–Trinajstić information content (AvgIpc) is 2.83. The Hall–Kier alpha value is -2.08. The van der Waals surface area contributed by atoms with Crippen LogP contribution in [0.3, 0.4) is 0 Å². The molecule has 2 atom stereocenters. The van der Waals surface area contributed by atoms with Gasteiger partial charge in [-0.15, -0.1) is 0 Å². The lowest BCUT2D eigenvalue weighted by molar-refractivity contribution is -0.121. The first kappa shape index (κ1) is 14.3. The first-order valence-corrected chi connectivity index (χ1v) is 6.59. The molecule has 0 spiro atoms. The van der Waals surface area contributed by atoms with Gasteiger partial charge in [-0.3, -0.25) is 9.59 Å². The van der Waals surface area contributed by atoms with E-state index in [1.165, 1.54) is 0 Å². The van der Waals surface area contributed by atoms with Gasteiger partial charge in [-0.05, 0) is 24.6 Å². The summed E-state index contributed by atoms with van der Waals surface area (Å²) >= 11 is 0. The molecule has 0 radical (unpaired) electrons. The van der Waals surface area contributed by atoms with Crippen molar-refractivity contribution in [3.63, 3.8) is 0 Å². The Balaban J connectivity index is 1.96. The largest absolute Gasteiger partial charge is 0.484 e. The van der Waals surface area contributed by atoms with Crippen molar-refractivity contribution in [2.24, 2.45) is 17.6 Å². The molecule has 0 aliphatic carbocycles. The van der Waals surface area contributed by atoms with Crippen LogP contribution in [0, 0.1) is 11.8 Å². The molecule has 0 unspecified atom stereocenters. The molecule has 20 heavy (non-hydrogen) atoms. The van der Waals surface area contributed by atoms with Crippen molar-refractivity contribution in [1.29, 1.82) is 0 Å². The predicted molar refractivity (Wildman–Crippen MR) is 75.3 cm³/mol. The van der Waals surface area contributed by atoms with Gasteiger partial charge in [-0.2, -0.15) is 0 Å². The Morgan fingerprint density at radius 3 is 2.90 bits per heavy atom. The van der Waals surface area contributed by atoms with Crippen LogP contribution in [0.2, 0.25) is 0 Å². The summed E-state index contributed by atoms with van der Waals surface area (Å²) in [6.07, 6.45) is 0. The smallest absolute Gasteiger partial charge is 0.255 e. The molecule has 1 fully saturated rings. The van der Waals surface area contributed by atoms with E-state index in [4.69, 9.17) is 10.5 Å². The molecule has 1 aliphatic heterocycles. The number of carbonyl (C=O) groups excluding carboxylic acids is 2. The van der Waals surface area contributed by atoms with Crippen molar-refractivity contribution in [3.8, 4) is 5.75 Å². The molecule has 0 bridgehead atoms. The summed E-state index contributed by atoms with van der Waals surface area (Å²) in [5.41, 5.74) is 5.67. The molecule has 4 N–H and O–H groups in total.